The van der Waals surface area contributed by atoms with E-state index in [1.54, 1.807) is 36.5 Å². The van der Waals surface area contributed by atoms with Gasteiger partial charge in [-0.1, -0.05) is 45.7 Å². The Labute approximate surface area is 199 Å². The Hall–Kier alpha value is -2.75. The molecule has 2 amide bonds. The highest BCUT2D eigenvalue weighted by atomic mass is 79.9. The minimum atomic E-state index is -3.44. The van der Waals surface area contributed by atoms with E-state index in [4.69, 9.17) is 17.3 Å². The number of primary amides is 1. The molecule has 0 aliphatic carbocycles. The lowest BCUT2D eigenvalue weighted by atomic mass is 9.92. The fourth-order valence-electron chi connectivity index (χ4n) is 3.27. The summed E-state index contributed by atoms with van der Waals surface area (Å²) in [6, 6.07) is 13.3. The smallest absolute Gasteiger partial charge is 0.249 e. The highest BCUT2D eigenvalue weighted by Crippen LogP contribution is 2.39. The van der Waals surface area contributed by atoms with Crippen molar-refractivity contribution >= 4 is 54.9 Å². The lowest BCUT2D eigenvalue weighted by molar-refractivity contribution is -0.113. The Bertz CT molecular complexity index is 1300. The number of nitrogens with one attached hydrogen (secondary N) is 1. The summed E-state index contributed by atoms with van der Waals surface area (Å²) in [7, 11) is -3.44. The van der Waals surface area contributed by atoms with Crippen LogP contribution in [0.1, 0.15) is 15.9 Å². The maximum absolute atomic E-state index is 12.3. The minimum absolute atomic E-state index is 0.0225. The van der Waals surface area contributed by atoms with Gasteiger partial charge in [0.15, 0.2) is 9.84 Å². The summed E-state index contributed by atoms with van der Waals surface area (Å²) in [6.45, 7) is 0. The van der Waals surface area contributed by atoms with Crippen molar-refractivity contribution in [2.24, 2.45) is 5.73 Å². The third-order valence-electron chi connectivity index (χ3n) is 4.56. The summed E-state index contributed by atoms with van der Waals surface area (Å²) in [5.41, 5.74) is 8.32. The largest absolute Gasteiger partial charge is 0.366 e. The number of benzene rings is 2. The first kappa shape index (κ1) is 23.9. The number of carbonyl (C=O) groups excluding carboxylic acids is 2. The van der Waals surface area contributed by atoms with E-state index in [1.165, 1.54) is 12.1 Å². The van der Waals surface area contributed by atoms with E-state index in [-0.39, 0.29) is 22.3 Å². The Kier molecular flexibility index (Phi) is 7.33. The van der Waals surface area contributed by atoms with Crippen LogP contribution in [-0.4, -0.2) is 36.8 Å². The third-order valence-corrected chi connectivity index (χ3v) is 6.23. The van der Waals surface area contributed by atoms with Crippen molar-refractivity contribution in [3.63, 3.8) is 0 Å². The number of alkyl halides is 1. The van der Waals surface area contributed by atoms with Crippen LogP contribution in [0.15, 0.2) is 54.7 Å². The van der Waals surface area contributed by atoms with Crippen molar-refractivity contribution in [3.8, 4) is 22.4 Å². The molecule has 0 aliphatic rings. The van der Waals surface area contributed by atoms with Crippen LogP contribution >= 0.6 is 27.5 Å². The summed E-state index contributed by atoms with van der Waals surface area (Å²) >= 11 is 9.49. The van der Waals surface area contributed by atoms with Crippen molar-refractivity contribution < 1.29 is 18.0 Å². The molecule has 3 rings (SSSR count). The molecule has 0 bridgehead atoms. The highest BCUT2D eigenvalue weighted by Gasteiger charge is 2.22. The molecule has 10 heteroatoms. The molecule has 3 N–H and O–H groups in total. The van der Waals surface area contributed by atoms with Crippen LogP contribution in [0.3, 0.4) is 0 Å². The van der Waals surface area contributed by atoms with Crippen LogP contribution in [0.25, 0.3) is 22.4 Å². The van der Waals surface area contributed by atoms with Crippen LogP contribution in [0.4, 0.5) is 5.69 Å². The van der Waals surface area contributed by atoms with Gasteiger partial charge < -0.3 is 11.1 Å². The van der Waals surface area contributed by atoms with E-state index in [0.717, 1.165) is 6.26 Å². The Morgan fingerprint density at radius 1 is 1.16 bits per heavy atom. The maximum Gasteiger partial charge on any atom is 0.249 e. The zero-order valence-electron chi connectivity index (χ0n) is 16.9. The van der Waals surface area contributed by atoms with Crippen LogP contribution < -0.4 is 11.1 Å². The van der Waals surface area contributed by atoms with Crippen LogP contribution in [0, 0.1) is 0 Å². The number of aromatic nitrogens is 1. The van der Waals surface area contributed by atoms with Gasteiger partial charge in [-0.15, -0.1) is 0 Å². The lowest BCUT2D eigenvalue weighted by Gasteiger charge is -2.19. The predicted octanol–water partition coefficient (Wildman–Crippen LogP) is 4.05. The van der Waals surface area contributed by atoms with Gasteiger partial charge in [0.2, 0.25) is 11.8 Å². The molecule has 0 radical (unpaired) electrons. The molecular formula is C22H19BrClN3O4S. The molecule has 32 heavy (non-hydrogen) atoms. The number of rotatable bonds is 7. The van der Waals surface area contributed by atoms with Gasteiger partial charge >= 0.3 is 0 Å². The zero-order chi connectivity index (χ0) is 23.5. The summed E-state index contributed by atoms with van der Waals surface area (Å²) in [6.07, 6.45) is 2.72. The van der Waals surface area contributed by atoms with Gasteiger partial charge in [0, 0.05) is 34.2 Å². The fraction of sp³-hybridized carbons (Fsp3) is 0.136. The second-order valence-corrected chi connectivity index (χ2v) is 10.2. The van der Waals surface area contributed by atoms with Gasteiger partial charge in [-0.05, 0) is 41.5 Å². The molecule has 0 saturated heterocycles. The first-order valence-electron chi connectivity index (χ1n) is 9.31. The number of nitrogens with zero attached hydrogens (tertiary/aromatic N) is 1. The van der Waals surface area contributed by atoms with Crippen molar-refractivity contribution in [2.75, 3.05) is 16.9 Å². The molecule has 3 aromatic rings. The average molecular weight is 537 g/mol. The van der Waals surface area contributed by atoms with Gasteiger partial charge in [0.05, 0.1) is 22.5 Å². The average Bonchev–Trinajstić information content (AvgIpc) is 2.74. The van der Waals surface area contributed by atoms with Crippen LogP contribution in [-0.2, 0) is 20.4 Å². The number of hydrogen-bond donors (Lipinski definition) is 2. The summed E-state index contributed by atoms with van der Waals surface area (Å²) < 4.78 is 24.0. The maximum atomic E-state index is 12.3. The Morgan fingerprint density at radius 2 is 1.91 bits per heavy atom. The van der Waals surface area contributed by atoms with Crippen molar-refractivity contribution in [2.45, 2.75) is 5.75 Å². The molecule has 166 valence electrons. The second kappa shape index (κ2) is 9.81. The first-order valence-corrected chi connectivity index (χ1v) is 12.9. The molecule has 2 aromatic carbocycles. The fourth-order valence-corrected chi connectivity index (χ4v) is 4.43. The molecule has 0 atom stereocenters. The molecule has 0 aliphatic heterocycles. The predicted molar refractivity (Wildman–Crippen MR) is 130 cm³/mol. The van der Waals surface area contributed by atoms with Gasteiger partial charge in [0.25, 0.3) is 0 Å². The van der Waals surface area contributed by atoms with E-state index in [2.05, 4.69) is 26.2 Å². The summed E-state index contributed by atoms with van der Waals surface area (Å²) in [4.78, 5) is 28.8. The van der Waals surface area contributed by atoms with E-state index >= 15 is 0 Å². The molecule has 7 nitrogen and oxygen atoms in total. The number of halogens is 2. The molecule has 1 aromatic heterocycles. The number of sulfone groups is 1. The summed E-state index contributed by atoms with van der Waals surface area (Å²) in [5.74, 6) is -1.48. The number of anilines is 1. The van der Waals surface area contributed by atoms with Crippen molar-refractivity contribution in [1.29, 1.82) is 0 Å². The standard InChI is InChI=1S/C22H19BrClN3O4S/c1-32(30,31)12-14-5-7-15(22(25)29)20(21(14)27-19(28)11-23)13-6-8-17(24)16(10-13)18-4-2-3-9-26-18/h2-10H,11-12H2,1H3,(H2,25,29)(H,27,28). The van der Waals surface area contributed by atoms with E-state index in [0.29, 0.717) is 33.0 Å². The SMILES string of the molecule is CS(=O)(=O)Cc1ccc(C(N)=O)c(-c2ccc(Cl)c(-c3ccccn3)c2)c1NC(=O)CBr. The molecular weight excluding hydrogens is 518 g/mol. The van der Waals surface area contributed by atoms with Gasteiger partial charge in [-0.2, -0.15) is 0 Å². The Morgan fingerprint density at radius 3 is 2.50 bits per heavy atom. The number of nitrogens with two attached hydrogens (primary N) is 1. The van der Waals surface area contributed by atoms with E-state index in [9.17, 15) is 18.0 Å². The summed E-state index contributed by atoms with van der Waals surface area (Å²) in [5, 5.41) is 3.13. The minimum Gasteiger partial charge on any atom is -0.366 e. The Balaban J connectivity index is 2.34. The molecule has 0 spiro atoms. The van der Waals surface area contributed by atoms with Crippen molar-refractivity contribution in [1.82, 2.24) is 4.98 Å². The van der Waals surface area contributed by atoms with Gasteiger partial charge in [-0.25, -0.2) is 8.42 Å². The molecule has 0 fully saturated rings. The number of carbonyl (C=O) groups is 2. The van der Waals surface area contributed by atoms with E-state index < -0.39 is 21.7 Å². The van der Waals surface area contributed by atoms with E-state index in [1.807, 2.05) is 6.07 Å². The van der Waals surface area contributed by atoms with Crippen molar-refractivity contribution in [3.05, 3.63) is 70.9 Å². The number of amides is 2. The number of pyridine rings is 1. The highest BCUT2D eigenvalue weighted by molar-refractivity contribution is 9.09. The second-order valence-electron chi connectivity index (χ2n) is 7.05. The van der Waals surface area contributed by atoms with Crippen LogP contribution in [0.2, 0.25) is 5.02 Å². The molecule has 0 saturated carbocycles. The molecule has 1 heterocycles. The normalized spacial score (nSPS) is 11.2. The molecule has 0 unspecified atom stereocenters. The first-order chi connectivity index (χ1) is 15.1. The quantitative estimate of drug-likeness (QED) is 0.442. The zero-order valence-corrected chi connectivity index (χ0v) is 20.1. The topological polar surface area (TPSA) is 119 Å². The monoisotopic (exact) mass is 535 g/mol. The lowest BCUT2D eigenvalue weighted by Crippen LogP contribution is -2.19. The third kappa shape index (κ3) is 5.53. The van der Waals surface area contributed by atoms with Crippen LogP contribution in [0.5, 0.6) is 0 Å². The van der Waals surface area contributed by atoms with Gasteiger partial charge in [-0.3, -0.25) is 14.6 Å². The van der Waals surface area contributed by atoms with Gasteiger partial charge in [0.1, 0.15) is 0 Å². The number of hydrogen-bond acceptors (Lipinski definition) is 5.